The van der Waals surface area contributed by atoms with Gasteiger partial charge in [0.1, 0.15) is 23.5 Å². The molecule has 184 valence electrons. The fourth-order valence-corrected chi connectivity index (χ4v) is 5.17. The maximum Gasteiger partial charge on any atom is 0.329 e. The number of rotatable bonds is 5. The topological polar surface area (TPSA) is 105 Å². The number of benzene rings is 2. The number of carbonyl (C=O) groups is 1. The highest BCUT2D eigenvalue weighted by Crippen LogP contribution is 2.37. The molecule has 2 bridgehead atoms. The van der Waals surface area contributed by atoms with E-state index in [0.717, 1.165) is 22.8 Å². The number of amides is 1. The summed E-state index contributed by atoms with van der Waals surface area (Å²) in [6, 6.07) is 4.02. The number of ether oxygens (including phenoxy) is 1. The molecule has 0 unspecified atom stereocenters. The molecule has 11 heteroatoms. The van der Waals surface area contributed by atoms with Gasteiger partial charge in [-0.3, -0.25) is 9.59 Å². The minimum absolute atomic E-state index is 0.0370. The van der Waals surface area contributed by atoms with Crippen LogP contribution >= 0.6 is 0 Å². The SMILES string of the molecule is C[C@H](NC(=O)[C@@H](n1c(=O)[nH]c2ccc(F)cc2c1=O)[C@@]12CC[C@@H](COC1)N2)c1ccc(F)cc1F. The predicted octanol–water partition coefficient (Wildman–Crippen LogP) is 2.05. The lowest BCUT2D eigenvalue weighted by atomic mass is 9.87. The van der Waals surface area contributed by atoms with E-state index in [1.54, 1.807) is 0 Å². The van der Waals surface area contributed by atoms with E-state index in [1.807, 2.05) is 0 Å². The first-order chi connectivity index (χ1) is 16.7. The van der Waals surface area contributed by atoms with Crippen LogP contribution in [0, 0.1) is 17.5 Å². The molecular weight excluding hydrogens is 465 g/mol. The van der Waals surface area contributed by atoms with Gasteiger partial charge in [-0.15, -0.1) is 0 Å². The zero-order valence-electron chi connectivity index (χ0n) is 18.7. The second kappa shape index (κ2) is 8.65. The number of hydrogen-bond acceptors (Lipinski definition) is 5. The van der Waals surface area contributed by atoms with Crippen molar-refractivity contribution in [3.05, 3.63) is 80.3 Å². The Morgan fingerprint density at radius 3 is 2.69 bits per heavy atom. The van der Waals surface area contributed by atoms with Crippen LogP contribution in [0.3, 0.4) is 0 Å². The summed E-state index contributed by atoms with van der Waals surface area (Å²) in [6.45, 7) is 1.98. The van der Waals surface area contributed by atoms with Crippen molar-refractivity contribution in [3.63, 3.8) is 0 Å². The van der Waals surface area contributed by atoms with Gasteiger partial charge in [-0.2, -0.15) is 0 Å². The highest BCUT2D eigenvalue weighted by Gasteiger charge is 2.52. The van der Waals surface area contributed by atoms with Crippen LogP contribution in [0.4, 0.5) is 13.2 Å². The second-order valence-corrected chi connectivity index (χ2v) is 9.15. The molecule has 0 radical (unpaired) electrons. The Balaban J connectivity index is 1.62. The summed E-state index contributed by atoms with van der Waals surface area (Å²) in [5, 5.41) is 5.90. The van der Waals surface area contributed by atoms with Gasteiger partial charge in [0.25, 0.3) is 5.56 Å². The number of fused-ring (bicyclic) bond motifs is 3. The monoisotopic (exact) mass is 488 g/mol. The summed E-state index contributed by atoms with van der Waals surface area (Å²) in [4.78, 5) is 42.8. The molecule has 2 saturated heterocycles. The van der Waals surface area contributed by atoms with Gasteiger partial charge in [-0.25, -0.2) is 22.5 Å². The van der Waals surface area contributed by atoms with Crippen molar-refractivity contribution >= 4 is 16.8 Å². The Kier molecular flexibility index (Phi) is 5.76. The molecule has 2 fully saturated rings. The van der Waals surface area contributed by atoms with Gasteiger partial charge >= 0.3 is 5.69 Å². The molecule has 2 aliphatic rings. The zero-order valence-corrected chi connectivity index (χ0v) is 18.7. The van der Waals surface area contributed by atoms with Crippen LogP contribution in [0.25, 0.3) is 10.9 Å². The molecule has 1 amide bonds. The number of halogens is 3. The van der Waals surface area contributed by atoms with Crippen LogP contribution in [0.1, 0.15) is 37.4 Å². The fourth-order valence-electron chi connectivity index (χ4n) is 5.17. The molecule has 2 aliphatic heterocycles. The van der Waals surface area contributed by atoms with Crippen molar-refractivity contribution in [2.75, 3.05) is 13.2 Å². The third kappa shape index (κ3) is 4.04. The Labute approximate surface area is 197 Å². The zero-order chi connectivity index (χ0) is 24.9. The summed E-state index contributed by atoms with van der Waals surface area (Å²) in [5.41, 5.74) is -2.61. The standard InChI is InChI=1S/C24H23F3N4O4/c1-12(16-4-2-14(26)9-18(16)27)28-21(32)20(24-7-6-15(30-24)10-35-11-24)31-22(33)17-8-13(25)3-5-19(17)29-23(31)34/h2-5,8-9,12,15,20,30H,6-7,10-11H2,1H3,(H,28,32)(H,29,34)/t12-,15-,20+,24+/m0/s1. The number of H-pyrrole nitrogens is 1. The lowest BCUT2D eigenvalue weighted by molar-refractivity contribution is -0.130. The molecule has 2 aromatic carbocycles. The molecule has 3 heterocycles. The summed E-state index contributed by atoms with van der Waals surface area (Å²) >= 11 is 0. The number of aromatic amines is 1. The quantitative estimate of drug-likeness (QED) is 0.510. The van der Waals surface area contributed by atoms with Crippen molar-refractivity contribution in [2.24, 2.45) is 0 Å². The first kappa shape index (κ1) is 23.3. The molecule has 4 atom stereocenters. The van der Waals surface area contributed by atoms with E-state index < -0.39 is 52.2 Å². The molecule has 8 nitrogen and oxygen atoms in total. The van der Waals surface area contributed by atoms with E-state index in [2.05, 4.69) is 15.6 Å². The predicted molar refractivity (Wildman–Crippen MR) is 120 cm³/mol. The van der Waals surface area contributed by atoms with Crippen LogP contribution < -0.4 is 21.9 Å². The lowest BCUT2D eigenvalue weighted by Gasteiger charge is -2.40. The van der Waals surface area contributed by atoms with Crippen LogP contribution in [-0.2, 0) is 9.53 Å². The number of nitrogens with one attached hydrogen (secondary N) is 3. The molecule has 1 aromatic heterocycles. The van der Waals surface area contributed by atoms with Crippen LogP contribution in [0.5, 0.6) is 0 Å². The average Bonchev–Trinajstić information content (AvgIpc) is 3.10. The molecule has 3 aromatic rings. The molecule has 3 N–H and O–H groups in total. The van der Waals surface area contributed by atoms with Crippen LogP contribution in [-0.4, -0.2) is 40.3 Å². The molecule has 35 heavy (non-hydrogen) atoms. The molecule has 5 rings (SSSR count). The van der Waals surface area contributed by atoms with Crippen molar-refractivity contribution in [1.29, 1.82) is 0 Å². The summed E-state index contributed by atoms with van der Waals surface area (Å²) in [7, 11) is 0. The van der Waals surface area contributed by atoms with Gasteiger partial charge in [0.05, 0.1) is 35.7 Å². The Morgan fingerprint density at radius 2 is 1.91 bits per heavy atom. The number of aromatic nitrogens is 2. The molecule has 0 spiro atoms. The van der Waals surface area contributed by atoms with Crippen molar-refractivity contribution < 1.29 is 22.7 Å². The maximum atomic E-state index is 14.3. The maximum absolute atomic E-state index is 14.3. The molecular formula is C24H23F3N4O4. The largest absolute Gasteiger partial charge is 0.378 e. The third-order valence-corrected chi connectivity index (χ3v) is 6.82. The smallest absolute Gasteiger partial charge is 0.329 e. The fraction of sp³-hybridized carbons (Fsp3) is 0.375. The van der Waals surface area contributed by atoms with Crippen molar-refractivity contribution in [1.82, 2.24) is 20.2 Å². The highest BCUT2D eigenvalue weighted by molar-refractivity contribution is 5.83. The number of hydrogen-bond donors (Lipinski definition) is 3. The summed E-state index contributed by atoms with van der Waals surface area (Å²) < 4.78 is 48.1. The van der Waals surface area contributed by atoms with Gasteiger partial charge in [0.15, 0.2) is 0 Å². The van der Waals surface area contributed by atoms with Crippen LogP contribution in [0.15, 0.2) is 46.0 Å². The van der Waals surface area contributed by atoms with Gasteiger partial charge in [-0.05, 0) is 44.0 Å². The van der Waals surface area contributed by atoms with E-state index in [0.29, 0.717) is 25.5 Å². The van der Waals surface area contributed by atoms with Gasteiger partial charge in [0.2, 0.25) is 5.91 Å². The van der Waals surface area contributed by atoms with E-state index in [1.165, 1.54) is 19.1 Å². The van der Waals surface area contributed by atoms with E-state index in [9.17, 15) is 27.6 Å². The summed E-state index contributed by atoms with van der Waals surface area (Å²) in [6.07, 6.45) is 1.09. The number of nitrogens with zero attached hydrogens (tertiary/aromatic N) is 1. The number of carbonyl (C=O) groups excluding carboxylic acids is 1. The van der Waals surface area contributed by atoms with E-state index in [-0.39, 0.29) is 29.1 Å². The van der Waals surface area contributed by atoms with Crippen molar-refractivity contribution in [3.8, 4) is 0 Å². The minimum atomic E-state index is -1.39. The minimum Gasteiger partial charge on any atom is -0.378 e. The van der Waals surface area contributed by atoms with Crippen molar-refractivity contribution in [2.45, 2.75) is 43.4 Å². The first-order valence-electron chi connectivity index (χ1n) is 11.2. The second-order valence-electron chi connectivity index (χ2n) is 9.15. The lowest BCUT2D eigenvalue weighted by Crippen LogP contribution is -2.64. The highest BCUT2D eigenvalue weighted by atomic mass is 19.1. The average molecular weight is 488 g/mol. The van der Waals surface area contributed by atoms with Crippen LogP contribution in [0.2, 0.25) is 0 Å². The summed E-state index contributed by atoms with van der Waals surface area (Å²) in [5.74, 6) is -3.01. The van der Waals surface area contributed by atoms with Gasteiger partial charge in [0, 0.05) is 17.7 Å². The molecule has 0 saturated carbocycles. The Hall–Kier alpha value is -3.44. The number of morpholine rings is 1. The van der Waals surface area contributed by atoms with E-state index >= 15 is 0 Å². The van der Waals surface area contributed by atoms with Gasteiger partial charge in [-0.1, -0.05) is 6.07 Å². The Bertz CT molecular complexity index is 1430. The van der Waals surface area contributed by atoms with Gasteiger partial charge < -0.3 is 20.4 Å². The first-order valence-corrected chi connectivity index (χ1v) is 11.2. The Morgan fingerprint density at radius 1 is 1.17 bits per heavy atom. The third-order valence-electron chi connectivity index (χ3n) is 6.82. The molecule has 0 aliphatic carbocycles. The normalized spacial score (nSPS) is 23.3. The van der Waals surface area contributed by atoms with E-state index in [4.69, 9.17) is 4.74 Å².